The number of ether oxygens (including phenoxy) is 2. The van der Waals surface area contributed by atoms with E-state index >= 15 is 0 Å². The van der Waals surface area contributed by atoms with Gasteiger partial charge in [0.1, 0.15) is 17.6 Å². The number of benzene rings is 1. The zero-order chi connectivity index (χ0) is 15.2. The van der Waals surface area contributed by atoms with Crippen LogP contribution in [0.25, 0.3) is 0 Å². The summed E-state index contributed by atoms with van der Waals surface area (Å²) in [5.74, 6) is 1.09. The lowest BCUT2D eigenvalue weighted by Gasteiger charge is -2.21. The van der Waals surface area contributed by atoms with Crippen LogP contribution in [0.4, 0.5) is 0 Å². The largest absolute Gasteiger partial charge is 0.459 e. The predicted molar refractivity (Wildman–Crippen MR) is 83.0 cm³/mol. The Hall–Kier alpha value is -2.36. The molecule has 0 radical (unpaired) electrons. The van der Waals surface area contributed by atoms with Crippen molar-refractivity contribution in [3.8, 4) is 11.5 Å². The van der Waals surface area contributed by atoms with Crippen LogP contribution in [0.1, 0.15) is 42.5 Å². The van der Waals surface area contributed by atoms with E-state index in [1.807, 2.05) is 12.1 Å². The van der Waals surface area contributed by atoms with E-state index < -0.39 is 0 Å². The van der Waals surface area contributed by atoms with Gasteiger partial charge in [-0.05, 0) is 62.1 Å². The molecule has 1 heterocycles. The van der Waals surface area contributed by atoms with Crippen molar-refractivity contribution >= 4 is 5.97 Å². The first-order valence-corrected chi connectivity index (χ1v) is 7.70. The highest BCUT2D eigenvalue weighted by atomic mass is 16.5. The zero-order valence-electron chi connectivity index (χ0n) is 12.4. The van der Waals surface area contributed by atoms with Crippen molar-refractivity contribution in [2.45, 2.75) is 38.2 Å². The summed E-state index contributed by atoms with van der Waals surface area (Å²) in [4.78, 5) is 16.1. The van der Waals surface area contributed by atoms with Crippen molar-refractivity contribution in [2.75, 3.05) is 0 Å². The van der Waals surface area contributed by atoms with Crippen LogP contribution < -0.4 is 4.74 Å². The third kappa shape index (κ3) is 3.85. The van der Waals surface area contributed by atoms with E-state index in [1.54, 1.807) is 36.7 Å². The highest BCUT2D eigenvalue weighted by molar-refractivity contribution is 5.89. The molecule has 2 aromatic rings. The smallest absolute Gasteiger partial charge is 0.338 e. The number of esters is 1. The van der Waals surface area contributed by atoms with Gasteiger partial charge in [-0.3, -0.25) is 4.98 Å². The molecule has 4 heteroatoms. The van der Waals surface area contributed by atoms with Gasteiger partial charge < -0.3 is 9.47 Å². The number of carbonyl (C=O) groups is 1. The summed E-state index contributed by atoms with van der Waals surface area (Å²) in [5.41, 5.74) is 0.559. The summed E-state index contributed by atoms with van der Waals surface area (Å²) in [6, 6.07) is 10.6. The Bertz CT molecular complexity index is 604. The molecular weight excluding hydrogens is 278 g/mol. The van der Waals surface area contributed by atoms with Gasteiger partial charge in [0.25, 0.3) is 0 Å². The van der Waals surface area contributed by atoms with Crippen molar-refractivity contribution < 1.29 is 14.3 Å². The number of aromatic nitrogens is 1. The molecule has 4 nitrogen and oxygen atoms in total. The Morgan fingerprint density at radius 2 is 1.77 bits per heavy atom. The third-order valence-corrected chi connectivity index (χ3v) is 3.79. The van der Waals surface area contributed by atoms with Gasteiger partial charge >= 0.3 is 5.97 Å². The van der Waals surface area contributed by atoms with Crippen molar-refractivity contribution in [3.05, 3.63) is 54.4 Å². The minimum absolute atomic E-state index is 0.0765. The molecule has 0 saturated heterocycles. The molecule has 1 saturated carbocycles. The normalized spacial score (nSPS) is 15.3. The number of hydrogen-bond donors (Lipinski definition) is 0. The fourth-order valence-corrected chi connectivity index (χ4v) is 2.61. The maximum atomic E-state index is 12.1. The highest BCUT2D eigenvalue weighted by Gasteiger charge is 2.18. The van der Waals surface area contributed by atoms with Crippen molar-refractivity contribution in [2.24, 2.45) is 0 Å². The SMILES string of the molecule is O=C(OC1CCCCC1)c1ccc(Oc2cccnc2)cc1. The van der Waals surface area contributed by atoms with Gasteiger partial charge in [0.2, 0.25) is 0 Å². The van der Waals surface area contributed by atoms with Crippen LogP contribution in [0.15, 0.2) is 48.8 Å². The maximum Gasteiger partial charge on any atom is 0.338 e. The fraction of sp³-hybridized carbons (Fsp3) is 0.333. The third-order valence-electron chi connectivity index (χ3n) is 3.79. The standard InChI is InChI=1S/C18H19NO3/c20-18(22-15-5-2-1-3-6-15)14-8-10-16(11-9-14)21-17-7-4-12-19-13-17/h4,7-13,15H,1-3,5-6H2. The summed E-state index contributed by atoms with van der Waals surface area (Å²) < 4.78 is 11.2. The van der Waals surface area contributed by atoms with Gasteiger partial charge in [0.15, 0.2) is 0 Å². The first-order chi connectivity index (χ1) is 10.8. The van der Waals surface area contributed by atoms with Crippen molar-refractivity contribution in [3.63, 3.8) is 0 Å². The molecular formula is C18H19NO3. The Labute approximate surface area is 130 Å². The molecule has 0 atom stereocenters. The molecule has 114 valence electrons. The molecule has 0 unspecified atom stereocenters. The molecule has 1 aromatic carbocycles. The molecule has 1 fully saturated rings. The van der Waals surface area contributed by atoms with Gasteiger partial charge in [-0.25, -0.2) is 4.79 Å². The summed E-state index contributed by atoms with van der Waals surface area (Å²) in [6.45, 7) is 0. The number of hydrogen-bond acceptors (Lipinski definition) is 4. The van der Waals surface area contributed by atoms with E-state index in [0.29, 0.717) is 17.1 Å². The molecule has 0 spiro atoms. The Balaban J connectivity index is 1.59. The second-order valence-electron chi connectivity index (χ2n) is 5.48. The predicted octanol–water partition coefficient (Wildman–Crippen LogP) is 4.36. The van der Waals surface area contributed by atoms with E-state index in [-0.39, 0.29) is 12.1 Å². The van der Waals surface area contributed by atoms with Crippen LogP contribution >= 0.6 is 0 Å². The van der Waals surface area contributed by atoms with Crippen LogP contribution in [-0.2, 0) is 4.74 Å². The molecule has 1 aliphatic rings. The average Bonchev–Trinajstić information content (AvgIpc) is 2.57. The van der Waals surface area contributed by atoms with E-state index in [9.17, 15) is 4.79 Å². The summed E-state index contributed by atoms with van der Waals surface area (Å²) >= 11 is 0. The highest BCUT2D eigenvalue weighted by Crippen LogP contribution is 2.23. The number of carbonyl (C=O) groups excluding carboxylic acids is 1. The fourth-order valence-electron chi connectivity index (χ4n) is 2.61. The average molecular weight is 297 g/mol. The first-order valence-electron chi connectivity index (χ1n) is 7.70. The maximum absolute atomic E-state index is 12.1. The lowest BCUT2D eigenvalue weighted by molar-refractivity contribution is 0.0211. The first kappa shape index (κ1) is 14.6. The molecule has 0 amide bonds. The number of nitrogens with zero attached hydrogens (tertiary/aromatic N) is 1. The summed E-state index contributed by atoms with van der Waals surface area (Å²) in [5, 5.41) is 0. The molecule has 0 bridgehead atoms. The molecule has 0 aliphatic heterocycles. The molecule has 3 rings (SSSR count). The lowest BCUT2D eigenvalue weighted by atomic mass is 9.98. The topological polar surface area (TPSA) is 48.4 Å². The minimum Gasteiger partial charge on any atom is -0.459 e. The van der Waals surface area contributed by atoms with Gasteiger partial charge in [-0.1, -0.05) is 6.42 Å². The molecule has 1 aromatic heterocycles. The van der Waals surface area contributed by atoms with Crippen molar-refractivity contribution in [1.29, 1.82) is 0 Å². The Morgan fingerprint density at radius 1 is 1.00 bits per heavy atom. The number of pyridine rings is 1. The molecule has 22 heavy (non-hydrogen) atoms. The van der Waals surface area contributed by atoms with Crippen LogP contribution in [0.3, 0.4) is 0 Å². The lowest BCUT2D eigenvalue weighted by Crippen LogP contribution is -2.20. The van der Waals surface area contributed by atoms with E-state index in [0.717, 1.165) is 25.7 Å². The minimum atomic E-state index is -0.250. The Kier molecular flexibility index (Phi) is 4.68. The van der Waals surface area contributed by atoms with Gasteiger partial charge in [0.05, 0.1) is 11.8 Å². The summed E-state index contributed by atoms with van der Waals surface area (Å²) in [6.07, 6.45) is 8.91. The van der Waals surface area contributed by atoms with Crippen molar-refractivity contribution in [1.82, 2.24) is 4.98 Å². The van der Waals surface area contributed by atoms with Gasteiger partial charge in [0, 0.05) is 6.20 Å². The summed E-state index contributed by atoms with van der Waals surface area (Å²) in [7, 11) is 0. The van der Waals surface area contributed by atoms with E-state index in [4.69, 9.17) is 9.47 Å². The second-order valence-corrected chi connectivity index (χ2v) is 5.48. The second kappa shape index (κ2) is 7.07. The molecule has 1 aliphatic carbocycles. The number of rotatable bonds is 4. The van der Waals surface area contributed by atoms with Crippen LogP contribution in [0.2, 0.25) is 0 Å². The van der Waals surface area contributed by atoms with Crippen LogP contribution in [0, 0.1) is 0 Å². The van der Waals surface area contributed by atoms with Gasteiger partial charge in [-0.2, -0.15) is 0 Å². The monoisotopic (exact) mass is 297 g/mol. The zero-order valence-corrected chi connectivity index (χ0v) is 12.4. The van der Waals surface area contributed by atoms with Crippen LogP contribution in [0.5, 0.6) is 11.5 Å². The van der Waals surface area contributed by atoms with E-state index in [2.05, 4.69) is 4.98 Å². The quantitative estimate of drug-likeness (QED) is 0.787. The molecule has 0 N–H and O–H groups in total. The van der Waals surface area contributed by atoms with E-state index in [1.165, 1.54) is 6.42 Å². The van der Waals surface area contributed by atoms with Gasteiger partial charge in [-0.15, -0.1) is 0 Å². The Morgan fingerprint density at radius 3 is 2.45 bits per heavy atom. The van der Waals surface area contributed by atoms with Crippen LogP contribution in [-0.4, -0.2) is 17.1 Å².